The lowest BCUT2D eigenvalue weighted by Gasteiger charge is -2.21. The number of methoxy groups -OCH3 is 1. The van der Waals surface area contributed by atoms with Crippen molar-refractivity contribution in [3.05, 3.63) is 24.3 Å². The summed E-state index contributed by atoms with van der Waals surface area (Å²) in [6.45, 7) is 0. The van der Waals surface area contributed by atoms with Gasteiger partial charge in [-0.3, -0.25) is 0 Å². The minimum absolute atomic E-state index is 0.115. The van der Waals surface area contributed by atoms with Crippen LogP contribution in [0.15, 0.2) is 24.3 Å². The minimum atomic E-state index is -3.51. The van der Waals surface area contributed by atoms with E-state index in [4.69, 9.17) is 8.92 Å². The molecular formula is C14H20O4S. The summed E-state index contributed by atoms with van der Waals surface area (Å²) in [7, 11) is -1.98. The predicted octanol–water partition coefficient (Wildman–Crippen LogP) is 2.98. The van der Waals surface area contributed by atoms with Crippen molar-refractivity contribution in [2.75, 3.05) is 12.9 Å². The van der Waals surface area contributed by atoms with Crippen molar-refractivity contribution in [2.45, 2.75) is 32.1 Å². The first-order valence-corrected chi connectivity index (χ1v) is 8.23. The summed E-state index contributed by atoms with van der Waals surface area (Å²) in [5.74, 6) is 1.26. The van der Waals surface area contributed by atoms with E-state index in [1.165, 1.54) is 13.5 Å². The monoisotopic (exact) mass is 284 g/mol. The number of benzene rings is 1. The van der Waals surface area contributed by atoms with Crippen molar-refractivity contribution >= 4 is 10.1 Å². The van der Waals surface area contributed by atoms with E-state index in [2.05, 4.69) is 0 Å². The van der Waals surface area contributed by atoms with Crippen molar-refractivity contribution in [1.29, 1.82) is 0 Å². The molecule has 1 aromatic carbocycles. The Kier molecular flexibility index (Phi) is 4.69. The lowest BCUT2D eigenvalue weighted by atomic mass is 9.91. The smallest absolute Gasteiger partial charge is 0.309 e. The normalized spacial score (nSPS) is 17.1. The van der Waals surface area contributed by atoms with Crippen molar-refractivity contribution in [1.82, 2.24) is 0 Å². The van der Waals surface area contributed by atoms with Crippen LogP contribution >= 0.6 is 0 Å². The molecule has 0 unspecified atom stereocenters. The summed E-state index contributed by atoms with van der Waals surface area (Å²) in [5.41, 5.74) is 0. The summed E-state index contributed by atoms with van der Waals surface area (Å²) in [6, 6.07) is 6.67. The zero-order valence-electron chi connectivity index (χ0n) is 11.2. The Morgan fingerprint density at radius 1 is 1.16 bits per heavy atom. The van der Waals surface area contributed by atoms with Gasteiger partial charge in [0.15, 0.2) is 0 Å². The van der Waals surface area contributed by atoms with Crippen LogP contribution in [0.5, 0.6) is 11.5 Å². The van der Waals surface area contributed by atoms with E-state index in [1.807, 2.05) is 0 Å². The molecule has 0 aromatic heterocycles. The molecule has 0 N–H and O–H groups in total. The third kappa shape index (κ3) is 4.42. The predicted molar refractivity (Wildman–Crippen MR) is 74.0 cm³/mol. The Bertz CT molecular complexity index is 504. The van der Waals surface area contributed by atoms with E-state index >= 15 is 0 Å². The standard InChI is InChI=1S/C14H20O4S/c1-17-13-8-5-9-14(10-13)18-19(15,16)11-12-6-3-2-4-7-12/h5,8-10,12H,2-4,6-7,11H2,1H3. The summed E-state index contributed by atoms with van der Waals surface area (Å²) in [5, 5.41) is 0. The van der Waals surface area contributed by atoms with Gasteiger partial charge in [-0.1, -0.05) is 25.3 Å². The Balaban J connectivity index is 1.99. The molecule has 0 bridgehead atoms. The van der Waals surface area contributed by atoms with Crippen LogP contribution < -0.4 is 8.92 Å². The van der Waals surface area contributed by atoms with Crippen LogP contribution in [0.1, 0.15) is 32.1 Å². The maximum absolute atomic E-state index is 12.0. The lowest BCUT2D eigenvalue weighted by molar-refractivity contribution is 0.374. The van der Waals surface area contributed by atoms with Gasteiger partial charge in [-0.05, 0) is 30.9 Å². The lowest BCUT2D eigenvalue weighted by Crippen LogP contribution is -2.22. The summed E-state index contributed by atoms with van der Waals surface area (Å²) in [4.78, 5) is 0. The Morgan fingerprint density at radius 2 is 1.84 bits per heavy atom. The zero-order chi connectivity index (χ0) is 13.7. The highest BCUT2D eigenvalue weighted by Gasteiger charge is 2.22. The first-order valence-electron chi connectivity index (χ1n) is 6.65. The number of rotatable bonds is 5. The first kappa shape index (κ1) is 14.2. The topological polar surface area (TPSA) is 52.6 Å². The van der Waals surface area contributed by atoms with E-state index in [0.29, 0.717) is 11.5 Å². The molecule has 0 atom stereocenters. The molecule has 2 rings (SSSR count). The molecule has 106 valence electrons. The van der Waals surface area contributed by atoms with Crippen molar-refractivity contribution in [3.8, 4) is 11.5 Å². The van der Waals surface area contributed by atoms with Crippen molar-refractivity contribution in [2.24, 2.45) is 5.92 Å². The second-order valence-corrected chi connectivity index (χ2v) is 6.61. The highest BCUT2D eigenvalue weighted by Crippen LogP contribution is 2.26. The van der Waals surface area contributed by atoms with E-state index < -0.39 is 10.1 Å². The number of hydrogen-bond acceptors (Lipinski definition) is 4. The van der Waals surface area contributed by atoms with E-state index in [1.54, 1.807) is 24.3 Å². The van der Waals surface area contributed by atoms with Crippen molar-refractivity contribution < 1.29 is 17.3 Å². The second kappa shape index (κ2) is 6.28. The molecule has 0 saturated heterocycles. The fraction of sp³-hybridized carbons (Fsp3) is 0.571. The maximum atomic E-state index is 12.0. The van der Waals surface area contributed by atoms with Gasteiger partial charge in [0.25, 0.3) is 0 Å². The fourth-order valence-corrected chi connectivity index (χ4v) is 3.85. The van der Waals surface area contributed by atoms with E-state index in [0.717, 1.165) is 25.7 Å². The molecule has 5 heteroatoms. The molecule has 0 aliphatic heterocycles. The average molecular weight is 284 g/mol. The van der Waals surface area contributed by atoms with Crippen LogP contribution in [0.2, 0.25) is 0 Å². The SMILES string of the molecule is COc1cccc(OS(=O)(=O)CC2CCCCC2)c1. The van der Waals surface area contributed by atoms with Gasteiger partial charge in [-0.2, -0.15) is 8.42 Å². The molecular weight excluding hydrogens is 264 g/mol. The molecule has 1 saturated carbocycles. The van der Waals surface area contributed by atoms with Gasteiger partial charge in [0.1, 0.15) is 11.5 Å². The molecule has 1 aliphatic carbocycles. The van der Waals surface area contributed by atoms with Crippen LogP contribution in [0.3, 0.4) is 0 Å². The van der Waals surface area contributed by atoms with Gasteiger partial charge in [0.2, 0.25) is 0 Å². The molecule has 0 amide bonds. The van der Waals surface area contributed by atoms with Crippen LogP contribution in [0.25, 0.3) is 0 Å². The van der Waals surface area contributed by atoms with Gasteiger partial charge in [-0.25, -0.2) is 0 Å². The largest absolute Gasteiger partial charge is 0.497 e. The van der Waals surface area contributed by atoms with Gasteiger partial charge in [0.05, 0.1) is 12.9 Å². The van der Waals surface area contributed by atoms with Gasteiger partial charge in [-0.15, -0.1) is 0 Å². The van der Waals surface area contributed by atoms with Crippen LogP contribution in [-0.2, 0) is 10.1 Å². The summed E-state index contributed by atoms with van der Waals surface area (Å²) >= 11 is 0. The minimum Gasteiger partial charge on any atom is -0.497 e. The van der Waals surface area contributed by atoms with Gasteiger partial charge >= 0.3 is 10.1 Å². The van der Waals surface area contributed by atoms with Gasteiger partial charge < -0.3 is 8.92 Å². The zero-order valence-corrected chi connectivity index (χ0v) is 12.0. The number of ether oxygens (including phenoxy) is 1. The van der Waals surface area contributed by atoms with Crippen LogP contribution in [0.4, 0.5) is 0 Å². The molecule has 1 aromatic rings. The number of hydrogen-bond donors (Lipinski definition) is 0. The highest BCUT2D eigenvalue weighted by atomic mass is 32.2. The average Bonchev–Trinajstić information content (AvgIpc) is 2.39. The van der Waals surface area contributed by atoms with Crippen molar-refractivity contribution in [3.63, 3.8) is 0 Å². The maximum Gasteiger partial charge on any atom is 0.309 e. The molecule has 1 aliphatic rings. The van der Waals surface area contributed by atoms with Crippen LogP contribution in [-0.4, -0.2) is 21.3 Å². The molecule has 1 fully saturated rings. The summed E-state index contributed by atoms with van der Waals surface area (Å²) < 4.78 is 34.2. The van der Waals surface area contributed by atoms with E-state index in [-0.39, 0.29) is 11.7 Å². The molecule has 0 heterocycles. The highest BCUT2D eigenvalue weighted by molar-refractivity contribution is 7.87. The molecule has 4 nitrogen and oxygen atoms in total. The van der Waals surface area contributed by atoms with Crippen LogP contribution in [0, 0.1) is 5.92 Å². The third-order valence-electron chi connectivity index (χ3n) is 3.43. The Morgan fingerprint density at radius 3 is 2.53 bits per heavy atom. The molecule has 19 heavy (non-hydrogen) atoms. The Hall–Kier alpha value is -1.23. The quantitative estimate of drug-likeness (QED) is 0.780. The fourth-order valence-electron chi connectivity index (χ4n) is 2.48. The first-order chi connectivity index (χ1) is 9.09. The second-order valence-electron chi connectivity index (χ2n) is 4.99. The summed E-state index contributed by atoms with van der Waals surface area (Å²) in [6.07, 6.45) is 5.44. The molecule has 0 radical (unpaired) electrons. The van der Waals surface area contributed by atoms with Gasteiger partial charge in [0, 0.05) is 6.07 Å². The van der Waals surface area contributed by atoms with E-state index in [9.17, 15) is 8.42 Å². The molecule has 0 spiro atoms. The Labute approximate surface area is 114 Å². The third-order valence-corrected chi connectivity index (χ3v) is 4.76.